The predicted octanol–water partition coefficient (Wildman–Crippen LogP) is 4.21. The topological polar surface area (TPSA) is 29.5 Å². The monoisotopic (exact) mass is 342 g/mol. The molecule has 2 aromatic carbocycles. The van der Waals surface area contributed by atoms with Crippen molar-refractivity contribution in [2.24, 2.45) is 0 Å². The third-order valence-corrected chi connectivity index (χ3v) is 3.32. The SMILES string of the molecule is CCOc1ccc(Br)cc1C(O)c1ccc(F)cc1F. The molecular weight excluding hydrogens is 330 g/mol. The van der Waals surface area contributed by atoms with E-state index in [1.54, 1.807) is 18.2 Å². The van der Waals surface area contributed by atoms with Gasteiger partial charge < -0.3 is 9.84 Å². The number of rotatable bonds is 4. The van der Waals surface area contributed by atoms with Gasteiger partial charge in [-0.1, -0.05) is 22.0 Å². The highest BCUT2D eigenvalue weighted by Gasteiger charge is 2.19. The van der Waals surface area contributed by atoms with Crippen molar-refractivity contribution < 1.29 is 18.6 Å². The largest absolute Gasteiger partial charge is 0.493 e. The van der Waals surface area contributed by atoms with Gasteiger partial charge in [-0.3, -0.25) is 0 Å². The lowest BCUT2D eigenvalue weighted by Crippen LogP contribution is -2.06. The number of halogens is 3. The molecule has 2 nitrogen and oxygen atoms in total. The molecule has 0 fully saturated rings. The molecule has 1 N–H and O–H groups in total. The maximum Gasteiger partial charge on any atom is 0.132 e. The number of hydrogen-bond donors (Lipinski definition) is 1. The van der Waals surface area contributed by atoms with E-state index in [1.807, 2.05) is 6.92 Å². The quantitative estimate of drug-likeness (QED) is 0.901. The van der Waals surface area contributed by atoms with Crippen LogP contribution in [0.25, 0.3) is 0 Å². The van der Waals surface area contributed by atoms with Gasteiger partial charge in [0, 0.05) is 21.7 Å². The Labute approximate surface area is 124 Å². The van der Waals surface area contributed by atoms with Gasteiger partial charge in [0.05, 0.1) is 6.61 Å². The Bertz CT molecular complexity index is 617. The standard InChI is InChI=1S/C15H13BrF2O2/c1-2-20-14-6-3-9(16)7-12(14)15(19)11-5-4-10(17)8-13(11)18/h3-8,15,19H,2H2,1H3. The van der Waals surface area contributed by atoms with Crippen molar-refractivity contribution in [1.82, 2.24) is 0 Å². The summed E-state index contributed by atoms with van der Waals surface area (Å²) in [4.78, 5) is 0. The van der Waals surface area contributed by atoms with E-state index in [0.29, 0.717) is 17.9 Å². The third-order valence-electron chi connectivity index (χ3n) is 2.82. The van der Waals surface area contributed by atoms with E-state index >= 15 is 0 Å². The molecule has 0 bridgehead atoms. The van der Waals surface area contributed by atoms with Gasteiger partial charge >= 0.3 is 0 Å². The minimum Gasteiger partial charge on any atom is -0.493 e. The van der Waals surface area contributed by atoms with E-state index in [9.17, 15) is 13.9 Å². The highest BCUT2D eigenvalue weighted by atomic mass is 79.9. The lowest BCUT2D eigenvalue weighted by molar-refractivity contribution is 0.207. The highest BCUT2D eigenvalue weighted by Crippen LogP contribution is 2.33. The number of ether oxygens (including phenoxy) is 1. The number of aliphatic hydroxyl groups is 1. The summed E-state index contributed by atoms with van der Waals surface area (Å²) in [6, 6.07) is 8.19. The normalized spacial score (nSPS) is 12.2. The Morgan fingerprint density at radius 1 is 1.15 bits per heavy atom. The third kappa shape index (κ3) is 3.16. The molecule has 0 radical (unpaired) electrons. The van der Waals surface area contributed by atoms with Crippen LogP contribution in [0.15, 0.2) is 40.9 Å². The summed E-state index contributed by atoms with van der Waals surface area (Å²) >= 11 is 3.30. The molecule has 0 aliphatic rings. The van der Waals surface area contributed by atoms with Gasteiger partial charge in [-0.25, -0.2) is 8.78 Å². The molecule has 0 aromatic heterocycles. The van der Waals surface area contributed by atoms with E-state index in [-0.39, 0.29) is 5.56 Å². The van der Waals surface area contributed by atoms with Crippen LogP contribution < -0.4 is 4.74 Å². The zero-order valence-electron chi connectivity index (χ0n) is 10.7. The number of hydrogen-bond acceptors (Lipinski definition) is 2. The molecule has 1 unspecified atom stereocenters. The van der Waals surface area contributed by atoms with Crippen LogP contribution in [-0.4, -0.2) is 11.7 Å². The average Bonchev–Trinajstić information content (AvgIpc) is 2.40. The van der Waals surface area contributed by atoms with Gasteiger partial charge in [0.1, 0.15) is 23.5 Å². The van der Waals surface area contributed by atoms with Crippen LogP contribution in [0.3, 0.4) is 0 Å². The molecule has 0 spiro atoms. The predicted molar refractivity (Wildman–Crippen MR) is 75.7 cm³/mol. The Morgan fingerprint density at radius 2 is 1.90 bits per heavy atom. The lowest BCUT2D eigenvalue weighted by atomic mass is 10.00. The fourth-order valence-corrected chi connectivity index (χ4v) is 2.29. The lowest BCUT2D eigenvalue weighted by Gasteiger charge is -2.17. The van der Waals surface area contributed by atoms with E-state index in [4.69, 9.17) is 4.74 Å². The van der Waals surface area contributed by atoms with Crippen molar-refractivity contribution in [3.05, 3.63) is 63.6 Å². The van der Waals surface area contributed by atoms with Gasteiger partial charge in [0.15, 0.2) is 0 Å². The van der Waals surface area contributed by atoms with Crippen molar-refractivity contribution in [3.8, 4) is 5.75 Å². The summed E-state index contributed by atoms with van der Waals surface area (Å²) in [5.74, 6) is -1.01. The summed E-state index contributed by atoms with van der Waals surface area (Å²) < 4.78 is 32.8. The first-order chi connectivity index (χ1) is 9.52. The zero-order chi connectivity index (χ0) is 14.7. The molecule has 2 aromatic rings. The van der Waals surface area contributed by atoms with Gasteiger partial charge in [-0.05, 0) is 31.2 Å². The van der Waals surface area contributed by atoms with Gasteiger partial charge in [0.25, 0.3) is 0 Å². The molecule has 2 rings (SSSR count). The summed E-state index contributed by atoms with van der Waals surface area (Å²) in [7, 11) is 0. The molecule has 0 saturated heterocycles. The van der Waals surface area contributed by atoms with Crippen LogP contribution in [0, 0.1) is 11.6 Å². The van der Waals surface area contributed by atoms with Crippen LogP contribution in [0.1, 0.15) is 24.2 Å². The van der Waals surface area contributed by atoms with Gasteiger partial charge in [-0.15, -0.1) is 0 Å². The minimum atomic E-state index is -1.23. The maximum absolute atomic E-state index is 13.8. The summed E-state index contributed by atoms with van der Waals surface area (Å²) in [6.45, 7) is 2.24. The van der Waals surface area contributed by atoms with E-state index in [1.165, 1.54) is 6.07 Å². The molecule has 0 aliphatic carbocycles. The Balaban J connectivity index is 2.46. The van der Waals surface area contributed by atoms with Crippen molar-refractivity contribution in [2.75, 3.05) is 6.61 Å². The number of benzene rings is 2. The molecule has 1 atom stereocenters. The van der Waals surface area contributed by atoms with Crippen LogP contribution >= 0.6 is 15.9 Å². The van der Waals surface area contributed by atoms with Crippen LogP contribution in [0.5, 0.6) is 5.75 Å². The summed E-state index contributed by atoms with van der Waals surface area (Å²) in [5, 5.41) is 10.3. The zero-order valence-corrected chi connectivity index (χ0v) is 12.3. The van der Waals surface area contributed by atoms with E-state index < -0.39 is 17.7 Å². The smallest absolute Gasteiger partial charge is 0.132 e. The van der Waals surface area contributed by atoms with Crippen molar-refractivity contribution >= 4 is 15.9 Å². The first kappa shape index (κ1) is 14.9. The molecule has 0 amide bonds. The second-order valence-electron chi connectivity index (χ2n) is 4.18. The maximum atomic E-state index is 13.8. The summed E-state index contributed by atoms with van der Waals surface area (Å²) in [5.41, 5.74) is 0.428. The molecule has 20 heavy (non-hydrogen) atoms. The first-order valence-electron chi connectivity index (χ1n) is 6.08. The molecular formula is C15H13BrF2O2. The molecule has 0 heterocycles. The molecule has 106 valence electrons. The summed E-state index contributed by atoms with van der Waals surface area (Å²) in [6.07, 6.45) is -1.23. The second-order valence-corrected chi connectivity index (χ2v) is 5.10. The Hall–Kier alpha value is -1.46. The molecule has 0 saturated carbocycles. The van der Waals surface area contributed by atoms with Gasteiger partial charge in [-0.2, -0.15) is 0 Å². The average molecular weight is 343 g/mol. The fraction of sp³-hybridized carbons (Fsp3) is 0.200. The second kappa shape index (κ2) is 6.33. The van der Waals surface area contributed by atoms with Crippen molar-refractivity contribution in [1.29, 1.82) is 0 Å². The van der Waals surface area contributed by atoms with Gasteiger partial charge in [0.2, 0.25) is 0 Å². The van der Waals surface area contributed by atoms with Crippen LogP contribution in [0.2, 0.25) is 0 Å². The molecule has 5 heteroatoms. The minimum absolute atomic E-state index is 0.00505. The van der Waals surface area contributed by atoms with E-state index in [0.717, 1.165) is 16.6 Å². The van der Waals surface area contributed by atoms with Crippen molar-refractivity contribution in [3.63, 3.8) is 0 Å². The van der Waals surface area contributed by atoms with E-state index in [2.05, 4.69) is 15.9 Å². The highest BCUT2D eigenvalue weighted by molar-refractivity contribution is 9.10. The van der Waals surface area contributed by atoms with Crippen molar-refractivity contribution in [2.45, 2.75) is 13.0 Å². The van der Waals surface area contributed by atoms with Crippen LogP contribution in [-0.2, 0) is 0 Å². The fourth-order valence-electron chi connectivity index (χ4n) is 1.91. The van der Waals surface area contributed by atoms with Crippen LogP contribution in [0.4, 0.5) is 8.78 Å². The molecule has 0 aliphatic heterocycles. The first-order valence-corrected chi connectivity index (χ1v) is 6.87. The Morgan fingerprint density at radius 3 is 2.55 bits per heavy atom. The number of aliphatic hydroxyl groups excluding tert-OH is 1. The Kier molecular flexibility index (Phi) is 4.73.